The topological polar surface area (TPSA) is 83.6 Å². The fourth-order valence-electron chi connectivity index (χ4n) is 3.80. The molecule has 2 heterocycles. The number of ether oxygens (including phenoxy) is 1. The number of fused-ring (bicyclic) bond motifs is 1. The molecule has 0 bridgehead atoms. The van der Waals surface area contributed by atoms with Crippen molar-refractivity contribution in [3.63, 3.8) is 0 Å². The Bertz CT molecular complexity index is 1050. The Kier molecular flexibility index (Phi) is 6.12. The van der Waals surface area contributed by atoms with Crippen LogP contribution < -0.4 is 20.3 Å². The first-order valence-electron chi connectivity index (χ1n) is 10.1. The maximum atomic E-state index is 12.5. The fourth-order valence-corrected chi connectivity index (χ4v) is 3.80. The summed E-state index contributed by atoms with van der Waals surface area (Å²) in [6.45, 7) is 1.13. The van der Waals surface area contributed by atoms with Crippen LogP contribution in [0.25, 0.3) is 0 Å². The highest BCUT2D eigenvalue weighted by atomic mass is 16.5. The number of benzene rings is 2. The van der Waals surface area contributed by atoms with Gasteiger partial charge in [0.1, 0.15) is 5.75 Å². The number of pyridine rings is 1. The second-order valence-corrected chi connectivity index (χ2v) is 7.27. The van der Waals surface area contributed by atoms with E-state index in [-0.39, 0.29) is 12.6 Å². The van der Waals surface area contributed by atoms with Gasteiger partial charge in [-0.15, -0.1) is 0 Å². The van der Waals surface area contributed by atoms with Crippen molar-refractivity contribution in [2.75, 3.05) is 30.4 Å². The van der Waals surface area contributed by atoms with Crippen molar-refractivity contribution in [2.45, 2.75) is 12.5 Å². The van der Waals surface area contributed by atoms with E-state index in [1.54, 1.807) is 43.8 Å². The Labute approximate surface area is 181 Å². The van der Waals surface area contributed by atoms with Crippen LogP contribution in [-0.2, 0) is 16.0 Å². The van der Waals surface area contributed by atoms with Gasteiger partial charge in [0.05, 0.1) is 13.2 Å². The van der Waals surface area contributed by atoms with Crippen LogP contribution in [0.15, 0.2) is 73.1 Å². The number of amides is 2. The number of aromatic nitrogens is 1. The van der Waals surface area contributed by atoms with Crippen LogP contribution in [-0.4, -0.2) is 37.0 Å². The number of methoxy groups -OCH3 is 1. The van der Waals surface area contributed by atoms with E-state index >= 15 is 0 Å². The highest BCUT2D eigenvalue weighted by Gasteiger charge is 2.28. The zero-order valence-corrected chi connectivity index (χ0v) is 17.2. The van der Waals surface area contributed by atoms with Gasteiger partial charge >= 0.3 is 11.8 Å². The number of hydrogen-bond donors (Lipinski definition) is 2. The van der Waals surface area contributed by atoms with Gasteiger partial charge in [-0.25, -0.2) is 0 Å². The van der Waals surface area contributed by atoms with E-state index in [0.29, 0.717) is 11.4 Å². The molecule has 0 unspecified atom stereocenters. The molecule has 1 atom stereocenters. The van der Waals surface area contributed by atoms with Crippen LogP contribution in [0.1, 0.15) is 17.2 Å². The molecular formula is C24H24N4O3. The Morgan fingerprint density at radius 3 is 2.61 bits per heavy atom. The van der Waals surface area contributed by atoms with Crippen LogP contribution in [0.5, 0.6) is 5.75 Å². The van der Waals surface area contributed by atoms with Crippen molar-refractivity contribution >= 4 is 23.2 Å². The summed E-state index contributed by atoms with van der Waals surface area (Å²) in [6, 6.07) is 18.8. The van der Waals surface area contributed by atoms with E-state index in [4.69, 9.17) is 4.74 Å². The average Bonchev–Trinajstić information content (AvgIpc) is 3.24. The van der Waals surface area contributed by atoms with Crippen molar-refractivity contribution in [3.05, 3.63) is 84.2 Å². The molecule has 4 rings (SSSR count). The van der Waals surface area contributed by atoms with E-state index in [2.05, 4.69) is 32.7 Å². The zero-order valence-electron chi connectivity index (χ0n) is 17.2. The maximum absolute atomic E-state index is 12.5. The normalized spacial score (nSPS) is 13.3. The van der Waals surface area contributed by atoms with Gasteiger partial charge in [-0.1, -0.05) is 24.3 Å². The molecule has 1 aromatic heterocycles. The van der Waals surface area contributed by atoms with E-state index in [1.165, 1.54) is 5.56 Å². The number of nitrogens with zero attached hydrogens (tertiary/aromatic N) is 2. The lowest BCUT2D eigenvalue weighted by molar-refractivity contribution is -0.136. The number of carbonyl (C=O) groups excluding carboxylic acids is 2. The Hall–Kier alpha value is -3.87. The lowest BCUT2D eigenvalue weighted by atomic mass is 10.1. The molecule has 0 aliphatic carbocycles. The molecule has 2 N–H and O–H groups in total. The van der Waals surface area contributed by atoms with Gasteiger partial charge in [0.25, 0.3) is 0 Å². The monoisotopic (exact) mass is 416 g/mol. The van der Waals surface area contributed by atoms with E-state index < -0.39 is 11.8 Å². The quantitative estimate of drug-likeness (QED) is 0.604. The van der Waals surface area contributed by atoms with Crippen molar-refractivity contribution in [1.82, 2.24) is 10.3 Å². The minimum absolute atomic E-state index is 0.130. The minimum Gasteiger partial charge on any atom is -0.497 e. The van der Waals surface area contributed by atoms with E-state index in [0.717, 1.165) is 24.2 Å². The Morgan fingerprint density at radius 2 is 1.87 bits per heavy atom. The van der Waals surface area contributed by atoms with Crippen LogP contribution in [0, 0.1) is 0 Å². The van der Waals surface area contributed by atoms with Crippen molar-refractivity contribution < 1.29 is 14.3 Å². The summed E-state index contributed by atoms with van der Waals surface area (Å²) in [5.41, 5.74) is 3.93. The SMILES string of the molecule is COc1ccc(NC(=O)C(=O)NC[C@H](c2cccnc2)N2CCc3ccccc32)cc1. The molecule has 1 aliphatic heterocycles. The van der Waals surface area contributed by atoms with E-state index in [9.17, 15) is 9.59 Å². The standard InChI is InChI=1S/C24H24N4O3/c1-31-20-10-8-19(9-11-20)27-24(30)23(29)26-16-22(18-6-4-13-25-15-18)28-14-12-17-5-2-3-7-21(17)28/h2-11,13,15,22H,12,14,16H2,1H3,(H,26,29)(H,27,30)/t22-/m1/s1. The molecule has 1 aliphatic rings. The van der Waals surface area contributed by atoms with Gasteiger partial charge in [0, 0.05) is 36.9 Å². The molecule has 2 amide bonds. The molecule has 0 radical (unpaired) electrons. The van der Waals surface area contributed by atoms with Crippen molar-refractivity contribution in [3.8, 4) is 5.75 Å². The summed E-state index contributed by atoms with van der Waals surface area (Å²) < 4.78 is 5.10. The summed E-state index contributed by atoms with van der Waals surface area (Å²) in [6.07, 6.45) is 4.47. The largest absolute Gasteiger partial charge is 0.497 e. The first kappa shape index (κ1) is 20.4. The summed E-state index contributed by atoms with van der Waals surface area (Å²) in [7, 11) is 1.57. The van der Waals surface area contributed by atoms with Crippen molar-refractivity contribution in [2.24, 2.45) is 0 Å². The van der Waals surface area contributed by atoms with Gasteiger partial charge in [-0.3, -0.25) is 14.6 Å². The predicted octanol–water partition coefficient (Wildman–Crippen LogP) is 2.95. The summed E-state index contributed by atoms with van der Waals surface area (Å²) >= 11 is 0. The predicted molar refractivity (Wildman–Crippen MR) is 119 cm³/mol. The second-order valence-electron chi connectivity index (χ2n) is 7.27. The number of anilines is 2. The van der Waals surface area contributed by atoms with Crippen LogP contribution >= 0.6 is 0 Å². The lowest BCUT2D eigenvalue weighted by Crippen LogP contribution is -2.41. The Balaban J connectivity index is 1.45. The molecule has 0 fully saturated rings. The third kappa shape index (κ3) is 4.66. The molecule has 7 heteroatoms. The van der Waals surface area contributed by atoms with Gasteiger partial charge < -0.3 is 20.3 Å². The van der Waals surface area contributed by atoms with Gasteiger partial charge in [-0.05, 0) is 53.9 Å². The molecular weight excluding hydrogens is 392 g/mol. The number of hydrogen-bond acceptors (Lipinski definition) is 5. The smallest absolute Gasteiger partial charge is 0.313 e. The maximum Gasteiger partial charge on any atom is 0.313 e. The minimum atomic E-state index is -0.711. The fraction of sp³-hybridized carbons (Fsp3) is 0.208. The van der Waals surface area contributed by atoms with Crippen molar-refractivity contribution in [1.29, 1.82) is 0 Å². The summed E-state index contributed by atoms with van der Waals surface area (Å²) in [5, 5.41) is 5.40. The molecule has 0 saturated carbocycles. The van der Waals surface area contributed by atoms with E-state index in [1.807, 2.05) is 24.3 Å². The van der Waals surface area contributed by atoms with Crippen LogP contribution in [0.2, 0.25) is 0 Å². The first-order valence-corrected chi connectivity index (χ1v) is 10.1. The third-order valence-electron chi connectivity index (χ3n) is 5.38. The number of rotatable bonds is 6. The summed E-state index contributed by atoms with van der Waals surface area (Å²) in [5.74, 6) is -0.721. The Morgan fingerprint density at radius 1 is 1.06 bits per heavy atom. The number of nitrogens with one attached hydrogen (secondary N) is 2. The molecule has 158 valence electrons. The molecule has 31 heavy (non-hydrogen) atoms. The third-order valence-corrected chi connectivity index (χ3v) is 5.38. The molecule has 7 nitrogen and oxygen atoms in total. The zero-order chi connectivity index (χ0) is 21.6. The average molecular weight is 416 g/mol. The first-order chi connectivity index (χ1) is 15.2. The molecule has 2 aromatic carbocycles. The van der Waals surface area contributed by atoms with Gasteiger partial charge in [0.15, 0.2) is 0 Å². The second kappa shape index (κ2) is 9.30. The molecule has 3 aromatic rings. The highest BCUT2D eigenvalue weighted by molar-refractivity contribution is 6.39. The van der Waals surface area contributed by atoms with Gasteiger partial charge in [-0.2, -0.15) is 0 Å². The lowest BCUT2D eigenvalue weighted by Gasteiger charge is -2.30. The number of para-hydroxylation sites is 1. The van der Waals surface area contributed by atoms with Crippen LogP contribution in [0.4, 0.5) is 11.4 Å². The summed E-state index contributed by atoms with van der Waals surface area (Å²) in [4.78, 5) is 31.3. The number of carbonyl (C=O) groups is 2. The molecule has 0 spiro atoms. The van der Waals surface area contributed by atoms with Crippen LogP contribution in [0.3, 0.4) is 0 Å². The highest BCUT2D eigenvalue weighted by Crippen LogP contribution is 2.34. The molecule has 0 saturated heterocycles. The van der Waals surface area contributed by atoms with Gasteiger partial charge in [0.2, 0.25) is 0 Å².